The third-order valence-electron chi connectivity index (χ3n) is 4.70. The molecule has 1 aromatic rings. The zero-order chi connectivity index (χ0) is 23.7. The van der Waals surface area contributed by atoms with Gasteiger partial charge in [0.25, 0.3) is 0 Å². The molecule has 0 aliphatic carbocycles. The summed E-state index contributed by atoms with van der Waals surface area (Å²) in [7, 11) is 0. The topological polar surface area (TPSA) is 171 Å². The molecule has 0 saturated carbocycles. The average molecular weight is 437 g/mol. The van der Waals surface area contributed by atoms with Crippen LogP contribution in [0.25, 0.3) is 0 Å². The Labute approximate surface area is 181 Å². The van der Waals surface area contributed by atoms with Gasteiger partial charge in [-0.15, -0.1) is 0 Å². The Morgan fingerprint density at radius 1 is 0.935 bits per heavy atom. The van der Waals surface area contributed by atoms with Crippen LogP contribution in [-0.4, -0.2) is 58.6 Å². The van der Waals surface area contributed by atoms with Crippen LogP contribution in [0.2, 0.25) is 0 Å². The van der Waals surface area contributed by atoms with Crippen LogP contribution < -0.4 is 21.7 Å². The van der Waals surface area contributed by atoms with E-state index in [1.54, 1.807) is 39.8 Å². The van der Waals surface area contributed by atoms with E-state index in [9.17, 15) is 29.4 Å². The third-order valence-corrected chi connectivity index (χ3v) is 4.70. The van der Waals surface area contributed by atoms with Crippen LogP contribution >= 0.6 is 0 Å². The second-order valence-electron chi connectivity index (χ2n) is 8.05. The predicted molar refractivity (Wildman–Crippen MR) is 114 cm³/mol. The van der Waals surface area contributed by atoms with Crippen molar-refractivity contribution in [1.29, 1.82) is 0 Å². The van der Waals surface area contributed by atoms with Crippen molar-refractivity contribution in [2.24, 2.45) is 17.6 Å². The number of aliphatic carboxylic acids is 1. The van der Waals surface area contributed by atoms with Crippen molar-refractivity contribution >= 4 is 23.7 Å². The molecule has 0 fully saturated rings. The molecular weight excluding hydrogens is 404 g/mol. The van der Waals surface area contributed by atoms with E-state index < -0.39 is 41.8 Å². The van der Waals surface area contributed by atoms with Crippen molar-refractivity contribution < 1.29 is 29.4 Å². The number of aromatic hydroxyl groups is 1. The summed E-state index contributed by atoms with van der Waals surface area (Å²) in [5, 5.41) is 26.1. The van der Waals surface area contributed by atoms with Crippen molar-refractivity contribution in [3.05, 3.63) is 29.8 Å². The second-order valence-corrected chi connectivity index (χ2v) is 8.05. The summed E-state index contributed by atoms with van der Waals surface area (Å²) in [6.07, 6.45) is 0.0573. The van der Waals surface area contributed by atoms with Crippen LogP contribution in [-0.2, 0) is 25.6 Å². The molecule has 10 heteroatoms. The molecule has 7 N–H and O–H groups in total. The summed E-state index contributed by atoms with van der Waals surface area (Å²) in [6.45, 7) is 6.47. The van der Waals surface area contributed by atoms with Gasteiger partial charge in [-0.1, -0.05) is 39.8 Å². The molecule has 0 heterocycles. The Balaban J connectivity index is 2.89. The monoisotopic (exact) mass is 436 g/mol. The molecule has 3 amide bonds. The van der Waals surface area contributed by atoms with Gasteiger partial charge in [0.15, 0.2) is 0 Å². The first kappa shape index (κ1) is 25.9. The molecule has 3 atom stereocenters. The quantitative estimate of drug-likeness (QED) is 0.277. The fraction of sp³-hybridized carbons (Fsp3) is 0.524. The van der Waals surface area contributed by atoms with Crippen LogP contribution in [0.1, 0.15) is 33.3 Å². The third kappa shape index (κ3) is 8.63. The number of phenols is 1. The highest BCUT2D eigenvalue weighted by atomic mass is 16.4. The number of nitrogens with one attached hydrogen (secondary N) is 3. The van der Waals surface area contributed by atoms with Crippen LogP contribution in [0.15, 0.2) is 24.3 Å². The van der Waals surface area contributed by atoms with Gasteiger partial charge >= 0.3 is 5.97 Å². The lowest BCUT2D eigenvalue weighted by molar-refractivity contribution is -0.143. The minimum absolute atomic E-state index is 0.0451. The molecule has 172 valence electrons. The highest BCUT2D eigenvalue weighted by Gasteiger charge is 2.29. The van der Waals surface area contributed by atoms with Gasteiger partial charge in [-0.2, -0.15) is 0 Å². The number of amides is 3. The van der Waals surface area contributed by atoms with Crippen LogP contribution in [0.5, 0.6) is 5.75 Å². The van der Waals surface area contributed by atoms with Gasteiger partial charge in [-0.3, -0.25) is 14.4 Å². The minimum Gasteiger partial charge on any atom is -0.508 e. The molecule has 0 bridgehead atoms. The zero-order valence-electron chi connectivity index (χ0n) is 18.2. The fourth-order valence-corrected chi connectivity index (χ4v) is 2.68. The van der Waals surface area contributed by atoms with Gasteiger partial charge in [-0.25, -0.2) is 4.79 Å². The first-order chi connectivity index (χ1) is 14.4. The van der Waals surface area contributed by atoms with Crippen molar-refractivity contribution in [3.63, 3.8) is 0 Å². The maximum absolute atomic E-state index is 12.8. The van der Waals surface area contributed by atoms with Gasteiger partial charge in [-0.05, 0) is 29.5 Å². The summed E-state index contributed by atoms with van der Waals surface area (Å²) >= 11 is 0. The zero-order valence-corrected chi connectivity index (χ0v) is 18.2. The normalized spacial score (nSPS) is 13.9. The molecule has 10 nitrogen and oxygen atoms in total. The predicted octanol–water partition coefficient (Wildman–Crippen LogP) is -0.256. The van der Waals surface area contributed by atoms with E-state index in [0.717, 1.165) is 0 Å². The number of benzene rings is 1. The molecular formula is C21H32N4O6. The summed E-state index contributed by atoms with van der Waals surface area (Å²) < 4.78 is 0. The number of carbonyl (C=O) groups excluding carboxylic acids is 3. The number of rotatable bonds is 11. The highest BCUT2D eigenvalue weighted by molar-refractivity contribution is 5.92. The molecule has 0 spiro atoms. The smallest absolute Gasteiger partial charge is 0.326 e. The summed E-state index contributed by atoms with van der Waals surface area (Å²) in [6, 6.07) is 3.06. The molecule has 1 aromatic carbocycles. The summed E-state index contributed by atoms with van der Waals surface area (Å²) in [5.74, 6) is -3.41. The van der Waals surface area contributed by atoms with Crippen LogP contribution in [0.4, 0.5) is 0 Å². The number of nitrogens with two attached hydrogens (primary N) is 1. The largest absolute Gasteiger partial charge is 0.508 e. The standard InChI is InChI=1S/C21H32N4O6/c1-11(2)17(22)20(29)23-10-16(27)24-15(9-13-5-7-14(26)8-6-13)19(28)25-18(12(3)4)21(30)31/h5-8,11-12,15,17-18,26H,9-10,22H2,1-4H3,(H,23,29)(H,24,27)(H,25,28)(H,30,31). The van der Waals surface area contributed by atoms with Crippen LogP contribution in [0, 0.1) is 11.8 Å². The Bertz CT molecular complexity index is 779. The molecule has 1 rings (SSSR count). The maximum Gasteiger partial charge on any atom is 0.326 e. The summed E-state index contributed by atoms with van der Waals surface area (Å²) in [4.78, 5) is 48.5. The number of hydrogen-bond acceptors (Lipinski definition) is 6. The van der Waals surface area contributed by atoms with Crippen molar-refractivity contribution in [2.75, 3.05) is 6.54 Å². The lowest BCUT2D eigenvalue weighted by atomic mass is 10.0. The van der Waals surface area contributed by atoms with Crippen LogP contribution in [0.3, 0.4) is 0 Å². The molecule has 0 aromatic heterocycles. The summed E-state index contributed by atoms with van der Waals surface area (Å²) in [5.41, 5.74) is 6.38. The molecule has 0 aliphatic rings. The first-order valence-corrected chi connectivity index (χ1v) is 10.1. The Morgan fingerprint density at radius 2 is 1.52 bits per heavy atom. The first-order valence-electron chi connectivity index (χ1n) is 10.1. The van der Waals surface area contributed by atoms with Gasteiger partial charge in [0.05, 0.1) is 12.6 Å². The Hall–Kier alpha value is -3.14. The lowest BCUT2D eigenvalue weighted by Crippen LogP contribution is -2.55. The fourth-order valence-electron chi connectivity index (χ4n) is 2.68. The average Bonchev–Trinajstić information content (AvgIpc) is 2.69. The highest BCUT2D eigenvalue weighted by Crippen LogP contribution is 2.12. The van der Waals surface area contributed by atoms with E-state index in [4.69, 9.17) is 5.73 Å². The molecule has 0 radical (unpaired) electrons. The van der Waals surface area contributed by atoms with E-state index in [1.165, 1.54) is 12.1 Å². The lowest BCUT2D eigenvalue weighted by Gasteiger charge is -2.23. The van der Waals surface area contributed by atoms with Gasteiger partial charge in [0.2, 0.25) is 17.7 Å². The molecule has 0 saturated heterocycles. The molecule has 3 unspecified atom stereocenters. The van der Waals surface area contributed by atoms with E-state index in [0.29, 0.717) is 5.56 Å². The van der Waals surface area contributed by atoms with Gasteiger partial charge < -0.3 is 31.9 Å². The van der Waals surface area contributed by atoms with E-state index >= 15 is 0 Å². The van der Waals surface area contributed by atoms with E-state index in [1.807, 2.05) is 0 Å². The number of carboxylic acids is 1. The van der Waals surface area contributed by atoms with E-state index in [2.05, 4.69) is 16.0 Å². The van der Waals surface area contributed by atoms with Crippen molar-refractivity contribution in [3.8, 4) is 5.75 Å². The molecule has 0 aliphatic heterocycles. The van der Waals surface area contributed by atoms with E-state index in [-0.39, 0.29) is 30.6 Å². The Kier molecular flexibility index (Phi) is 9.94. The minimum atomic E-state index is -1.19. The SMILES string of the molecule is CC(C)C(N)C(=O)NCC(=O)NC(Cc1ccc(O)cc1)C(=O)NC(C(=O)O)C(C)C. The van der Waals surface area contributed by atoms with Gasteiger partial charge in [0.1, 0.15) is 17.8 Å². The Morgan fingerprint density at radius 3 is 2.00 bits per heavy atom. The number of carbonyl (C=O) groups is 4. The number of carboxylic acid groups (broad SMARTS) is 1. The molecule has 31 heavy (non-hydrogen) atoms. The number of phenolic OH excluding ortho intramolecular Hbond substituents is 1. The second kappa shape index (κ2) is 11.9. The van der Waals surface area contributed by atoms with Crippen molar-refractivity contribution in [1.82, 2.24) is 16.0 Å². The van der Waals surface area contributed by atoms with Crippen molar-refractivity contribution in [2.45, 2.75) is 52.2 Å². The van der Waals surface area contributed by atoms with Gasteiger partial charge in [0, 0.05) is 6.42 Å². The number of hydrogen-bond donors (Lipinski definition) is 6. The maximum atomic E-state index is 12.8.